The number of nitrogens with zero attached hydrogens (tertiary/aromatic N) is 4. The SMILES string of the molecule is CCOC(=O)c1cc(C#N)c(N2CCC(C(=O)NS(=O)(=O)Cc3c(F)cccc3F)CC2)nc1C(F)F.O=C(OC(F)(F)F)c1cccnc1. The molecule has 268 valence electrons. The van der Waals surface area contributed by atoms with E-state index in [9.17, 15) is 58.8 Å². The normalized spacial score (nSPS) is 13.5. The minimum absolute atomic E-state index is 0.0587. The molecule has 50 heavy (non-hydrogen) atoms. The molecular formula is C30H26F7N5O7S. The summed E-state index contributed by atoms with van der Waals surface area (Å²) in [6, 6.07) is 8.19. The highest BCUT2D eigenvalue weighted by Crippen LogP contribution is 2.31. The number of aromatic nitrogens is 2. The van der Waals surface area contributed by atoms with Gasteiger partial charge in [-0.2, -0.15) is 5.26 Å². The molecule has 2 aromatic heterocycles. The minimum Gasteiger partial charge on any atom is -0.462 e. The van der Waals surface area contributed by atoms with E-state index in [2.05, 4.69) is 14.7 Å². The fourth-order valence-corrected chi connectivity index (χ4v) is 5.71. The Labute approximate surface area is 279 Å². The maximum Gasteiger partial charge on any atom is 0.575 e. The summed E-state index contributed by atoms with van der Waals surface area (Å²) in [5.41, 5.74) is -2.46. The van der Waals surface area contributed by atoms with Crippen LogP contribution in [0.3, 0.4) is 0 Å². The van der Waals surface area contributed by atoms with Gasteiger partial charge in [0, 0.05) is 37.0 Å². The van der Waals surface area contributed by atoms with Crippen molar-refractivity contribution in [1.29, 1.82) is 5.26 Å². The molecule has 20 heteroatoms. The molecule has 1 aliphatic heterocycles. The number of carbonyl (C=O) groups excluding carboxylic acids is 3. The number of hydrogen-bond acceptors (Lipinski definition) is 11. The van der Waals surface area contributed by atoms with E-state index in [1.807, 2.05) is 10.8 Å². The largest absolute Gasteiger partial charge is 0.575 e. The van der Waals surface area contributed by atoms with Crippen molar-refractivity contribution in [2.45, 2.75) is 38.3 Å². The molecule has 1 aliphatic rings. The number of pyridine rings is 2. The number of nitriles is 1. The molecule has 1 saturated heterocycles. The first-order chi connectivity index (χ1) is 23.5. The minimum atomic E-state index is -4.95. The highest BCUT2D eigenvalue weighted by Gasteiger charge is 2.35. The summed E-state index contributed by atoms with van der Waals surface area (Å²) in [5, 5.41) is 9.50. The van der Waals surface area contributed by atoms with Gasteiger partial charge in [0.05, 0.1) is 23.3 Å². The molecule has 0 radical (unpaired) electrons. The quantitative estimate of drug-likeness (QED) is 0.233. The van der Waals surface area contributed by atoms with Crippen LogP contribution in [0.25, 0.3) is 0 Å². The predicted molar refractivity (Wildman–Crippen MR) is 158 cm³/mol. The van der Waals surface area contributed by atoms with Gasteiger partial charge in [-0.1, -0.05) is 6.07 Å². The van der Waals surface area contributed by atoms with Crippen molar-refractivity contribution in [3.05, 3.63) is 88.4 Å². The Morgan fingerprint density at radius 1 is 1.08 bits per heavy atom. The summed E-state index contributed by atoms with van der Waals surface area (Å²) in [6.45, 7) is 1.55. The van der Waals surface area contributed by atoms with Gasteiger partial charge in [-0.25, -0.2) is 40.6 Å². The molecule has 1 aromatic carbocycles. The lowest BCUT2D eigenvalue weighted by atomic mass is 9.96. The van der Waals surface area contributed by atoms with Gasteiger partial charge in [0.2, 0.25) is 15.9 Å². The van der Waals surface area contributed by atoms with E-state index in [0.29, 0.717) is 0 Å². The Bertz CT molecular complexity index is 1830. The lowest BCUT2D eigenvalue weighted by Gasteiger charge is -2.33. The summed E-state index contributed by atoms with van der Waals surface area (Å²) in [5.74, 6) is -7.50. The van der Waals surface area contributed by atoms with Crippen molar-refractivity contribution in [3.63, 3.8) is 0 Å². The van der Waals surface area contributed by atoms with Crippen LogP contribution >= 0.6 is 0 Å². The van der Waals surface area contributed by atoms with Crippen molar-refractivity contribution in [3.8, 4) is 6.07 Å². The van der Waals surface area contributed by atoms with Crippen molar-refractivity contribution < 1.29 is 63.0 Å². The average Bonchev–Trinajstić information content (AvgIpc) is 3.05. The number of nitrogens with one attached hydrogen (secondary N) is 1. The van der Waals surface area contributed by atoms with Crippen LogP contribution in [0.2, 0.25) is 0 Å². The second-order valence-corrected chi connectivity index (χ2v) is 11.9. The molecule has 1 fully saturated rings. The van der Waals surface area contributed by atoms with Crippen LogP contribution in [-0.4, -0.2) is 62.3 Å². The van der Waals surface area contributed by atoms with Crippen molar-refractivity contribution in [1.82, 2.24) is 14.7 Å². The zero-order valence-corrected chi connectivity index (χ0v) is 26.5. The number of halogens is 7. The number of ether oxygens (including phenoxy) is 2. The molecule has 4 rings (SSSR count). The van der Waals surface area contributed by atoms with Crippen LogP contribution in [0.15, 0.2) is 48.8 Å². The number of hydrogen-bond donors (Lipinski definition) is 1. The lowest BCUT2D eigenvalue weighted by Crippen LogP contribution is -2.43. The molecule has 1 amide bonds. The molecule has 1 N–H and O–H groups in total. The van der Waals surface area contributed by atoms with Gasteiger partial charge < -0.3 is 14.4 Å². The van der Waals surface area contributed by atoms with Crippen LogP contribution in [-0.2, 0) is 30.0 Å². The second kappa shape index (κ2) is 16.9. The molecule has 0 atom stereocenters. The number of anilines is 1. The smallest absolute Gasteiger partial charge is 0.462 e. The van der Waals surface area contributed by atoms with E-state index in [1.165, 1.54) is 30.2 Å². The van der Waals surface area contributed by atoms with E-state index < -0.39 is 80.8 Å². The molecule has 12 nitrogen and oxygen atoms in total. The molecule has 0 unspecified atom stereocenters. The fraction of sp³-hybridized carbons (Fsp3) is 0.333. The Morgan fingerprint density at radius 2 is 1.72 bits per heavy atom. The third kappa shape index (κ3) is 10.8. The van der Waals surface area contributed by atoms with Crippen molar-refractivity contribution >= 4 is 33.7 Å². The van der Waals surface area contributed by atoms with Gasteiger partial charge in [0.1, 0.15) is 35.0 Å². The second-order valence-electron chi connectivity index (χ2n) is 10.2. The summed E-state index contributed by atoms with van der Waals surface area (Å²) in [7, 11) is -4.41. The Balaban J connectivity index is 0.000000436. The summed E-state index contributed by atoms with van der Waals surface area (Å²) in [4.78, 5) is 44.1. The molecule has 0 spiro atoms. The van der Waals surface area contributed by atoms with Crippen LogP contribution in [0.1, 0.15) is 63.7 Å². The van der Waals surface area contributed by atoms with E-state index in [-0.39, 0.29) is 49.5 Å². The summed E-state index contributed by atoms with van der Waals surface area (Å²) < 4.78 is 124. The molecular weight excluding hydrogens is 707 g/mol. The van der Waals surface area contributed by atoms with Gasteiger partial charge in [0.25, 0.3) is 6.43 Å². The monoisotopic (exact) mass is 733 g/mol. The highest BCUT2D eigenvalue weighted by atomic mass is 32.2. The van der Waals surface area contributed by atoms with Gasteiger partial charge >= 0.3 is 18.3 Å². The Morgan fingerprint density at radius 3 is 2.24 bits per heavy atom. The van der Waals surface area contributed by atoms with Gasteiger partial charge in [-0.15, -0.1) is 13.2 Å². The first-order valence-electron chi connectivity index (χ1n) is 14.3. The number of alkyl halides is 5. The number of benzene rings is 1. The number of carbonyl (C=O) groups is 3. The maximum atomic E-state index is 13.8. The number of amides is 1. The first kappa shape index (κ1) is 39.1. The van der Waals surface area contributed by atoms with Crippen LogP contribution < -0.4 is 9.62 Å². The summed E-state index contributed by atoms with van der Waals surface area (Å²) >= 11 is 0. The predicted octanol–water partition coefficient (Wildman–Crippen LogP) is 4.97. The molecule has 3 heterocycles. The average molecular weight is 734 g/mol. The number of esters is 2. The van der Waals surface area contributed by atoms with E-state index >= 15 is 0 Å². The van der Waals surface area contributed by atoms with Gasteiger partial charge in [-0.05, 0) is 50.1 Å². The lowest BCUT2D eigenvalue weighted by molar-refractivity contribution is -0.291. The first-order valence-corrected chi connectivity index (χ1v) is 15.9. The highest BCUT2D eigenvalue weighted by molar-refractivity contribution is 7.89. The third-order valence-corrected chi connectivity index (χ3v) is 7.96. The van der Waals surface area contributed by atoms with Gasteiger partial charge in [-0.3, -0.25) is 14.5 Å². The molecule has 0 saturated carbocycles. The zero-order valence-electron chi connectivity index (χ0n) is 25.7. The van der Waals surface area contributed by atoms with Crippen molar-refractivity contribution in [2.75, 3.05) is 24.6 Å². The zero-order chi connectivity index (χ0) is 37.2. The molecule has 0 aliphatic carbocycles. The van der Waals surface area contributed by atoms with Crippen molar-refractivity contribution in [2.24, 2.45) is 5.92 Å². The van der Waals surface area contributed by atoms with Crippen LogP contribution in [0.5, 0.6) is 0 Å². The molecule has 0 bridgehead atoms. The number of piperidine rings is 1. The van der Waals surface area contributed by atoms with Crippen LogP contribution in [0.4, 0.5) is 36.6 Å². The standard InChI is InChI=1S/C23H22F4N4O5S.C7H4F3NO2/c1-2-36-23(33)15-10-14(11-28)21(29-19(15)20(26)27)31-8-6-13(7-9-31)22(32)30-37(34,35)12-16-17(24)4-3-5-18(16)25;8-7(9,10)13-6(12)5-2-1-3-11-4-5/h3-5,10,13,20H,2,6-9,12H2,1H3,(H,30,32);1-4H. The Hall–Kier alpha value is -5.32. The topological polar surface area (TPSA) is 169 Å². The fourth-order valence-electron chi connectivity index (χ4n) is 4.51. The number of sulfonamides is 1. The van der Waals surface area contributed by atoms with Crippen LogP contribution in [0, 0.1) is 28.9 Å². The van der Waals surface area contributed by atoms with E-state index in [1.54, 1.807) is 0 Å². The van der Waals surface area contributed by atoms with E-state index in [4.69, 9.17) is 4.74 Å². The Kier molecular flexibility index (Phi) is 13.2. The third-order valence-electron chi connectivity index (χ3n) is 6.78. The van der Waals surface area contributed by atoms with E-state index in [0.717, 1.165) is 30.5 Å². The molecule has 3 aromatic rings. The maximum absolute atomic E-state index is 13.8. The van der Waals surface area contributed by atoms with Gasteiger partial charge in [0.15, 0.2) is 0 Å². The number of rotatable bonds is 9. The summed E-state index contributed by atoms with van der Waals surface area (Å²) in [6.07, 6.45) is -5.60.